The van der Waals surface area contributed by atoms with Gasteiger partial charge in [0.05, 0.1) is 6.54 Å². The van der Waals surface area contributed by atoms with Gasteiger partial charge in [0.2, 0.25) is 11.8 Å². The maximum atomic E-state index is 12.6. The third-order valence-electron chi connectivity index (χ3n) is 4.49. The molecule has 18 heavy (non-hydrogen) atoms. The molecule has 0 aromatic carbocycles. The van der Waals surface area contributed by atoms with Gasteiger partial charge in [0.25, 0.3) is 0 Å². The summed E-state index contributed by atoms with van der Waals surface area (Å²) in [4.78, 5) is 26.1. The van der Waals surface area contributed by atoms with Crippen LogP contribution in [0.2, 0.25) is 0 Å². The lowest BCUT2D eigenvalue weighted by Crippen LogP contribution is -2.66. The summed E-state index contributed by atoms with van der Waals surface area (Å²) in [5.41, 5.74) is -0.638. The lowest BCUT2D eigenvalue weighted by atomic mass is 9.90. The molecule has 1 atom stereocenters. The van der Waals surface area contributed by atoms with Gasteiger partial charge in [-0.1, -0.05) is 26.7 Å². The molecule has 2 fully saturated rings. The average molecular weight is 252 g/mol. The van der Waals surface area contributed by atoms with Crippen molar-refractivity contribution in [3.05, 3.63) is 0 Å². The number of carbonyl (C=O) groups is 2. The van der Waals surface area contributed by atoms with Gasteiger partial charge < -0.3 is 10.2 Å². The number of rotatable bonds is 5. The predicted octanol–water partition coefficient (Wildman–Crippen LogP) is 1.55. The summed E-state index contributed by atoms with van der Waals surface area (Å²) in [5, 5.41) is 2.91. The second-order valence-corrected chi connectivity index (χ2v) is 5.89. The van der Waals surface area contributed by atoms with Gasteiger partial charge in [-0.2, -0.15) is 0 Å². The van der Waals surface area contributed by atoms with Crippen molar-refractivity contribution >= 4 is 11.8 Å². The average Bonchev–Trinajstić information content (AvgIpc) is 3.16. The Bertz CT molecular complexity index is 348. The van der Waals surface area contributed by atoms with Crippen LogP contribution in [-0.2, 0) is 9.59 Å². The summed E-state index contributed by atoms with van der Waals surface area (Å²) in [6.45, 7) is 7.13. The third-order valence-corrected chi connectivity index (χ3v) is 4.49. The highest BCUT2D eigenvalue weighted by Gasteiger charge is 2.52. The first-order chi connectivity index (χ1) is 8.51. The van der Waals surface area contributed by atoms with Crippen LogP contribution < -0.4 is 5.32 Å². The number of piperazine rings is 1. The normalized spacial score (nSPS) is 28.8. The summed E-state index contributed by atoms with van der Waals surface area (Å²) >= 11 is 0. The standard InChI is InChI=1S/C14H24N2O2/c1-4-10(5-2)8-16-9-12(17)15-14(3,13(16)18)11-6-7-11/h10-11H,4-9H2,1-3H3,(H,15,17). The van der Waals surface area contributed by atoms with Crippen LogP contribution in [0.25, 0.3) is 0 Å². The smallest absolute Gasteiger partial charge is 0.248 e. The van der Waals surface area contributed by atoms with Gasteiger partial charge in [-0.05, 0) is 31.6 Å². The van der Waals surface area contributed by atoms with E-state index in [2.05, 4.69) is 19.2 Å². The molecule has 1 saturated carbocycles. The molecule has 2 aliphatic rings. The number of hydrogen-bond acceptors (Lipinski definition) is 2. The van der Waals surface area contributed by atoms with Gasteiger partial charge in [-0.15, -0.1) is 0 Å². The molecule has 4 heteroatoms. The van der Waals surface area contributed by atoms with E-state index in [1.165, 1.54) is 0 Å². The van der Waals surface area contributed by atoms with Gasteiger partial charge in [0.1, 0.15) is 5.54 Å². The fourth-order valence-electron chi connectivity index (χ4n) is 2.90. The molecular formula is C14H24N2O2. The van der Waals surface area contributed by atoms with Crippen molar-refractivity contribution in [3.63, 3.8) is 0 Å². The van der Waals surface area contributed by atoms with Crippen LogP contribution in [-0.4, -0.2) is 35.3 Å². The summed E-state index contributed by atoms with van der Waals surface area (Å²) in [7, 11) is 0. The third kappa shape index (κ3) is 2.38. The van der Waals surface area contributed by atoms with E-state index < -0.39 is 5.54 Å². The predicted molar refractivity (Wildman–Crippen MR) is 69.9 cm³/mol. The van der Waals surface area contributed by atoms with Crippen LogP contribution in [0, 0.1) is 11.8 Å². The van der Waals surface area contributed by atoms with Gasteiger partial charge >= 0.3 is 0 Å². The van der Waals surface area contributed by atoms with Gasteiger partial charge in [0, 0.05) is 6.54 Å². The molecule has 2 rings (SSSR count). The van der Waals surface area contributed by atoms with E-state index in [9.17, 15) is 9.59 Å². The Kier molecular flexibility index (Phi) is 3.64. The topological polar surface area (TPSA) is 49.4 Å². The van der Waals surface area contributed by atoms with Crippen LogP contribution in [0.15, 0.2) is 0 Å². The summed E-state index contributed by atoms with van der Waals surface area (Å²) in [5.74, 6) is 0.966. The molecule has 1 saturated heterocycles. The molecule has 2 amide bonds. The van der Waals surface area contributed by atoms with E-state index >= 15 is 0 Å². The van der Waals surface area contributed by atoms with Crippen LogP contribution in [0.5, 0.6) is 0 Å². The minimum Gasteiger partial charge on any atom is -0.340 e. The molecule has 1 N–H and O–H groups in total. The molecule has 0 aromatic rings. The second-order valence-electron chi connectivity index (χ2n) is 5.89. The van der Waals surface area contributed by atoms with Crippen molar-refractivity contribution in [2.24, 2.45) is 11.8 Å². The minimum atomic E-state index is -0.638. The molecular weight excluding hydrogens is 228 g/mol. The zero-order valence-corrected chi connectivity index (χ0v) is 11.7. The van der Waals surface area contributed by atoms with Crippen molar-refractivity contribution in [2.45, 2.75) is 52.0 Å². The van der Waals surface area contributed by atoms with E-state index in [4.69, 9.17) is 0 Å². The van der Waals surface area contributed by atoms with E-state index in [0.29, 0.717) is 11.8 Å². The Morgan fingerprint density at radius 2 is 1.94 bits per heavy atom. The van der Waals surface area contributed by atoms with E-state index in [0.717, 1.165) is 32.2 Å². The molecule has 1 unspecified atom stereocenters. The Labute approximate surface area is 109 Å². The zero-order valence-electron chi connectivity index (χ0n) is 11.7. The quantitative estimate of drug-likeness (QED) is 0.807. The minimum absolute atomic E-state index is 0.00467. The van der Waals surface area contributed by atoms with Crippen molar-refractivity contribution in [3.8, 4) is 0 Å². The second kappa shape index (κ2) is 4.90. The van der Waals surface area contributed by atoms with Crippen LogP contribution in [0.1, 0.15) is 46.5 Å². The zero-order chi connectivity index (χ0) is 13.3. The molecule has 0 radical (unpaired) electrons. The number of amides is 2. The largest absolute Gasteiger partial charge is 0.340 e. The van der Waals surface area contributed by atoms with Gasteiger partial charge in [-0.25, -0.2) is 0 Å². The molecule has 0 bridgehead atoms. The van der Waals surface area contributed by atoms with E-state index in [1.54, 1.807) is 4.90 Å². The van der Waals surface area contributed by atoms with E-state index in [1.807, 2.05) is 6.92 Å². The highest BCUT2D eigenvalue weighted by molar-refractivity contribution is 5.98. The maximum Gasteiger partial charge on any atom is 0.248 e. The van der Waals surface area contributed by atoms with Crippen molar-refractivity contribution < 1.29 is 9.59 Å². The first-order valence-electron chi connectivity index (χ1n) is 7.11. The monoisotopic (exact) mass is 252 g/mol. The van der Waals surface area contributed by atoms with Crippen LogP contribution >= 0.6 is 0 Å². The summed E-state index contributed by atoms with van der Waals surface area (Å²) in [6.07, 6.45) is 4.23. The highest BCUT2D eigenvalue weighted by Crippen LogP contribution is 2.41. The molecule has 1 aliphatic carbocycles. The first kappa shape index (κ1) is 13.4. The molecule has 0 spiro atoms. The molecule has 4 nitrogen and oxygen atoms in total. The van der Waals surface area contributed by atoms with Gasteiger partial charge in [0.15, 0.2) is 0 Å². The van der Waals surface area contributed by atoms with E-state index in [-0.39, 0.29) is 18.4 Å². The highest BCUT2D eigenvalue weighted by atomic mass is 16.2. The number of hydrogen-bond donors (Lipinski definition) is 1. The van der Waals surface area contributed by atoms with Crippen molar-refractivity contribution in [2.75, 3.05) is 13.1 Å². The lowest BCUT2D eigenvalue weighted by molar-refractivity contribution is -0.150. The number of carbonyl (C=O) groups excluding carboxylic acids is 2. The fraction of sp³-hybridized carbons (Fsp3) is 0.857. The Morgan fingerprint density at radius 1 is 1.33 bits per heavy atom. The lowest BCUT2D eigenvalue weighted by Gasteiger charge is -2.41. The SMILES string of the molecule is CCC(CC)CN1CC(=O)NC(C)(C2CC2)C1=O. The molecule has 1 heterocycles. The van der Waals surface area contributed by atoms with Crippen LogP contribution in [0.3, 0.4) is 0 Å². The fourth-order valence-corrected chi connectivity index (χ4v) is 2.90. The van der Waals surface area contributed by atoms with Gasteiger partial charge in [-0.3, -0.25) is 9.59 Å². The maximum absolute atomic E-state index is 12.6. The molecule has 1 aliphatic heterocycles. The van der Waals surface area contributed by atoms with Crippen molar-refractivity contribution in [1.82, 2.24) is 10.2 Å². The molecule has 102 valence electrons. The Hall–Kier alpha value is -1.06. The number of nitrogens with one attached hydrogen (secondary N) is 1. The summed E-state index contributed by atoms with van der Waals surface area (Å²) in [6, 6.07) is 0. The number of nitrogens with zero attached hydrogens (tertiary/aromatic N) is 1. The summed E-state index contributed by atoms with van der Waals surface area (Å²) < 4.78 is 0. The Balaban J connectivity index is 2.10. The van der Waals surface area contributed by atoms with Crippen molar-refractivity contribution in [1.29, 1.82) is 0 Å². The first-order valence-corrected chi connectivity index (χ1v) is 7.11. The van der Waals surface area contributed by atoms with Crippen LogP contribution in [0.4, 0.5) is 0 Å². The molecule has 0 aromatic heterocycles. The Morgan fingerprint density at radius 3 is 2.44 bits per heavy atom.